The van der Waals surface area contributed by atoms with E-state index in [-0.39, 0.29) is 18.3 Å². The van der Waals surface area contributed by atoms with Gasteiger partial charge < -0.3 is 14.1 Å². The summed E-state index contributed by atoms with van der Waals surface area (Å²) in [6.45, 7) is 1.33. The van der Waals surface area contributed by atoms with Gasteiger partial charge in [0, 0.05) is 42.0 Å². The van der Waals surface area contributed by atoms with Gasteiger partial charge in [0.1, 0.15) is 11.4 Å². The zero-order valence-corrected chi connectivity index (χ0v) is 14.6. The van der Waals surface area contributed by atoms with E-state index in [4.69, 9.17) is 9.15 Å². The van der Waals surface area contributed by atoms with Gasteiger partial charge in [-0.15, -0.1) is 0 Å². The molecule has 1 aliphatic rings. The van der Waals surface area contributed by atoms with Crippen molar-refractivity contribution in [1.29, 1.82) is 0 Å². The second kappa shape index (κ2) is 7.23. The lowest BCUT2D eigenvalue weighted by atomic mass is 9.99. The quantitative estimate of drug-likeness (QED) is 0.487. The minimum absolute atomic E-state index is 0.0730. The van der Waals surface area contributed by atoms with Crippen molar-refractivity contribution in [2.24, 2.45) is 0 Å². The number of rotatable bonds is 6. The summed E-state index contributed by atoms with van der Waals surface area (Å²) in [6, 6.07) is 10.0. The number of carbonyl (C=O) groups is 2. The number of fused-ring (bicyclic) bond motifs is 1. The topological polar surface area (TPSA) is 59.8 Å². The fraction of sp³-hybridized carbons (Fsp3) is 0.238. The molecule has 1 aromatic heterocycles. The van der Waals surface area contributed by atoms with Crippen LogP contribution in [0.1, 0.15) is 18.4 Å². The fourth-order valence-electron chi connectivity index (χ4n) is 3.51. The molecule has 0 radical (unpaired) electrons. The number of halogens is 1. The van der Waals surface area contributed by atoms with E-state index in [0.717, 1.165) is 34.2 Å². The number of nitrogens with zero attached hydrogens (tertiary/aromatic N) is 1. The van der Waals surface area contributed by atoms with Crippen molar-refractivity contribution in [3.8, 4) is 11.1 Å². The highest BCUT2D eigenvalue weighted by molar-refractivity contribution is 6.03. The average Bonchev–Trinajstić information content (AvgIpc) is 3.27. The highest BCUT2D eigenvalue weighted by Crippen LogP contribution is 2.38. The molecule has 3 aromatic rings. The Bertz CT molecular complexity index is 993. The molecule has 0 N–H and O–H groups in total. The molecule has 4 rings (SSSR count). The zero-order valence-electron chi connectivity index (χ0n) is 14.6. The van der Waals surface area contributed by atoms with Crippen LogP contribution in [0.2, 0.25) is 0 Å². The Morgan fingerprint density at radius 2 is 2.04 bits per heavy atom. The van der Waals surface area contributed by atoms with E-state index in [2.05, 4.69) is 0 Å². The molecule has 138 valence electrons. The summed E-state index contributed by atoms with van der Waals surface area (Å²) < 4.78 is 23.9. The largest absolute Gasteiger partial charge is 0.468 e. The van der Waals surface area contributed by atoms with Crippen LogP contribution < -0.4 is 4.90 Å². The lowest BCUT2D eigenvalue weighted by molar-refractivity contribution is -0.128. The monoisotopic (exact) mass is 367 g/mol. The van der Waals surface area contributed by atoms with Gasteiger partial charge in [0.05, 0.1) is 18.6 Å². The standard InChI is InChI=1S/C21H18FNO4/c22-16-5-3-14(4-6-16)17-10-18-15(7-9-26-13-24)12-27-20(18)11-19(17)23-8-1-2-21(23)25/h3-6,10-13H,1-2,7-9H2. The molecule has 1 aliphatic heterocycles. The van der Waals surface area contributed by atoms with E-state index in [1.165, 1.54) is 12.1 Å². The Hall–Kier alpha value is -3.15. The fourth-order valence-corrected chi connectivity index (χ4v) is 3.51. The van der Waals surface area contributed by atoms with E-state index < -0.39 is 0 Å². The SMILES string of the molecule is O=COCCc1coc2cc(N3CCCC3=O)c(-c3ccc(F)cc3)cc12. The van der Waals surface area contributed by atoms with Crippen molar-refractivity contribution >= 4 is 29.0 Å². The number of ether oxygens (including phenoxy) is 1. The van der Waals surface area contributed by atoms with E-state index in [1.54, 1.807) is 23.3 Å². The highest BCUT2D eigenvalue weighted by atomic mass is 19.1. The molecule has 0 unspecified atom stereocenters. The van der Waals surface area contributed by atoms with Gasteiger partial charge in [0.2, 0.25) is 5.91 Å². The van der Waals surface area contributed by atoms with Gasteiger partial charge in [-0.3, -0.25) is 9.59 Å². The van der Waals surface area contributed by atoms with Crippen LogP contribution in [-0.4, -0.2) is 25.5 Å². The van der Waals surface area contributed by atoms with Crippen molar-refractivity contribution in [2.75, 3.05) is 18.1 Å². The van der Waals surface area contributed by atoms with Crippen LogP contribution in [0.5, 0.6) is 0 Å². The van der Waals surface area contributed by atoms with Crippen LogP contribution in [-0.2, 0) is 20.7 Å². The second-order valence-electron chi connectivity index (χ2n) is 6.50. The molecule has 1 amide bonds. The Morgan fingerprint density at radius 3 is 2.74 bits per heavy atom. The molecule has 0 saturated carbocycles. The summed E-state index contributed by atoms with van der Waals surface area (Å²) in [5, 5.41) is 0.888. The van der Waals surface area contributed by atoms with E-state index in [9.17, 15) is 14.0 Å². The predicted octanol–water partition coefficient (Wildman–Crippen LogP) is 4.08. The summed E-state index contributed by atoms with van der Waals surface area (Å²) in [5.41, 5.74) is 4.01. The Kier molecular flexibility index (Phi) is 4.62. The summed E-state index contributed by atoms with van der Waals surface area (Å²) in [7, 11) is 0. The van der Waals surface area contributed by atoms with Crippen molar-refractivity contribution in [2.45, 2.75) is 19.3 Å². The average molecular weight is 367 g/mol. The molecule has 27 heavy (non-hydrogen) atoms. The smallest absolute Gasteiger partial charge is 0.293 e. The maximum atomic E-state index is 13.4. The van der Waals surface area contributed by atoms with Gasteiger partial charge in [-0.25, -0.2) is 4.39 Å². The first-order valence-corrected chi connectivity index (χ1v) is 8.83. The van der Waals surface area contributed by atoms with Crippen molar-refractivity contribution in [3.05, 3.63) is 54.0 Å². The number of benzene rings is 2. The van der Waals surface area contributed by atoms with Crippen LogP contribution in [0, 0.1) is 5.82 Å². The molecular formula is C21H18FNO4. The number of anilines is 1. The molecule has 2 heterocycles. The molecule has 6 heteroatoms. The molecule has 1 fully saturated rings. The van der Waals surface area contributed by atoms with Gasteiger partial charge >= 0.3 is 0 Å². The molecular weight excluding hydrogens is 349 g/mol. The first-order valence-electron chi connectivity index (χ1n) is 8.83. The minimum atomic E-state index is -0.311. The van der Waals surface area contributed by atoms with Gasteiger partial charge in [0.25, 0.3) is 6.47 Å². The molecule has 5 nitrogen and oxygen atoms in total. The maximum Gasteiger partial charge on any atom is 0.293 e. The molecule has 0 atom stereocenters. The Balaban J connectivity index is 1.84. The summed E-state index contributed by atoms with van der Waals surface area (Å²) in [6.07, 6.45) is 3.50. The number of carbonyl (C=O) groups excluding carboxylic acids is 2. The third-order valence-corrected chi connectivity index (χ3v) is 4.85. The first-order chi connectivity index (χ1) is 13.2. The number of hydrogen-bond donors (Lipinski definition) is 0. The summed E-state index contributed by atoms with van der Waals surface area (Å²) in [4.78, 5) is 24.4. The van der Waals surface area contributed by atoms with Gasteiger partial charge in [-0.1, -0.05) is 12.1 Å². The lowest BCUT2D eigenvalue weighted by Gasteiger charge is -2.20. The van der Waals surface area contributed by atoms with Crippen molar-refractivity contribution in [1.82, 2.24) is 0 Å². The maximum absolute atomic E-state index is 13.4. The Labute approximate surface area is 155 Å². The van der Waals surface area contributed by atoms with E-state index in [0.29, 0.717) is 31.4 Å². The van der Waals surface area contributed by atoms with Crippen molar-refractivity contribution < 1.29 is 23.1 Å². The summed E-state index contributed by atoms with van der Waals surface area (Å²) in [5.74, 6) is -0.238. The van der Waals surface area contributed by atoms with Crippen LogP contribution >= 0.6 is 0 Å². The molecule has 1 saturated heterocycles. The summed E-state index contributed by atoms with van der Waals surface area (Å²) >= 11 is 0. The third kappa shape index (κ3) is 3.30. The third-order valence-electron chi connectivity index (χ3n) is 4.85. The number of furan rings is 1. The van der Waals surface area contributed by atoms with Crippen LogP contribution in [0.4, 0.5) is 10.1 Å². The van der Waals surface area contributed by atoms with Gasteiger partial charge in [0.15, 0.2) is 0 Å². The molecule has 0 spiro atoms. The molecule has 0 bridgehead atoms. The second-order valence-corrected chi connectivity index (χ2v) is 6.50. The zero-order chi connectivity index (χ0) is 18.8. The minimum Gasteiger partial charge on any atom is -0.468 e. The number of hydrogen-bond acceptors (Lipinski definition) is 4. The Morgan fingerprint density at radius 1 is 1.22 bits per heavy atom. The van der Waals surface area contributed by atoms with Crippen LogP contribution in [0.3, 0.4) is 0 Å². The lowest BCUT2D eigenvalue weighted by Crippen LogP contribution is -2.24. The predicted molar refractivity (Wildman–Crippen MR) is 98.9 cm³/mol. The van der Waals surface area contributed by atoms with E-state index >= 15 is 0 Å². The van der Waals surface area contributed by atoms with Gasteiger partial charge in [-0.2, -0.15) is 0 Å². The molecule has 2 aromatic carbocycles. The van der Waals surface area contributed by atoms with Crippen LogP contribution in [0.15, 0.2) is 47.1 Å². The van der Waals surface area contributed by atoms with Crippen LogP contribution in [0.25, 0.3) is 22.1 Å². The van der Waals surface area contributed by atoms with E-state index in [1.807, 2.05) is 12.1 Å². The number of amides is 1. The highest BCUT2D eigenvalue weighted by Gasteiger charge is 2.25. The van der Waals surface area contributed by atoms with Gasteiger partial charge in [-0.05, 0) is 30.2 Å². The normalized spacial score (nSPS) is 14.1. The first kappa shape index (κ1) is 17.3. The van der Waals surface area contributed by atoms with Crippen molar-refractivity contribution in [3.63, 3.8) is 0 Å². The molecule has 0 aliphatic carbocycles.